The van der Waals surface area contributed by atoms with Crippen molar-refractivity contribution in [3.8, 4) is 11.5 Å². The smallest absolute Gasteiger partial charge is 0.254 e. The van der Waals surface area contributed by atoms with E-state index < -0.39 is 0 Å². The quantitative estimate of drug-likeness (QED) is 0.893. The van der Waals surface area contributed by atoms with E-state index in [-0.39, 0.29) is 12.0 Å². The summed E-state index contributed by atoms with van der Waals surface area (Å²) in [5.41, 5.74) is 1.14. The Labute approximate surface area is 147 Å². The summed E-state index contributed by atoms with van der Waals surface area (Å²) < 4.78 is 11.5. The first-order valence-electron chi connectivity index (χ1n) is 8.22. The number of ether oxygens (including phenoxy) is 2. The van der Waals surface area contributed by atoms with Crippen molar-refractivity contribution < 1.29 is 14.3 Å². The summed E-state index contributed by atoms with van der Waals surface area (Å²) in [5, 5.41) is 2.89. The molecule has 1 amide bonds. The van der Waals surface area contributed by atoms with E-state index in [1.165, 1.54) is 0 Å². The van der Waals surface area contributed by atoms with Crippen LogP contribution in [0.5, 0.6) is 11.5 Å². The zero-order valence-electron chi connectivity index (χ0n) is 14.7. The zero-order chi connectivity index (χ0) is 17.8. The number of hydrogen-bond donors (Lipinski definition) is 1. The molecule has 1 aromatic carbocycles. The normalized spacial score (nSPS) is 15.6. The number of para-hydroxylation sites is 2. The summed E-state index contributed by atoms with van der Waals surface area (Å²) in [7, 11) is 3.72. The molecule has 1 aliphatic rings. The lowest BCUT2D eigenvalue weighted by atomic mass is 10.2. The molecule has 0 fully saturated rings. The first-order valence-corrected chi connectivity index (χ1v) is 8.22. The van der Waals surface area contributed by atoms with Crippen LogP contribution in [0.15, 0.2) is 30.5 Å². The fourth-order valence-electron chi connectivity index (χ4n) is 2.54. The maximum atomic E-state index is 12.3. The van der Waals surface area contributed by atoms with Gasteiger partial charge in [0.1, 0.15) is 12.7 Å². The van der Waals surface area contributed by atoms with Crippen LogP contribution in [0.3, 0.4) is 0 Å². The number of rotatable bonds is 5. The molecule has 0 spiro atoms. The van der Waals surface area contributed by atoms with Gasteiger partial charge in [-0.05, 0) is 19.1 Å². The summed E-state index contributed by atoms with van der Waals surface area (Å²) in [6, 6.07) is 7.59. The van der Waals surface area contributed by atoms with Crippen molar-refractivity contribution in [2.75, 3.05) is 32.1 Å². The van der Waals surface area contributed by atoms with Gasteiger partial charge >= 0.3 is 0 Å². The number of fused-ring (bicyclic) bond motifs is 1. The zero-order valence-corrected chi connectivity index (χ0v) is 14.7. The van der Waals surface area contributed by atoms with Crippen LogP contribution in [0, 0.1) is 6.92 Å². The van der Waals surface area contributed by atoms with Crippen molar-refractivity contribution in [2.45, 2.75) is 19.4 Å². The van der Waals surface area contributed by atoms with Crippen molar-refractivity contribution in [1.29, 1.82) is 0 Å². The van der Waals surface area contributed by atoms with Crippen LogP contribution in [0.2, 0.25) is 0 Å². The van der Waals surface area contributed by atoms with Gasteiger partial charge in [-0.25, -0.2) is 9.97 Å². The van der Waals surface area contributed by atoms with Gasteiger partial charge in [-0.15, -0.1) is 0 Å². The first-order chi connectivity index (χ1) is 12.0. The molecule has 0 saturated carbocycles. The minimum atomic E-state index is -0.181. The second-order valence-corrected chi connectivity index (χ2v) is 6.11. The van der Waals surface area contributed by atoms with Gasteiger partial charge < -0.3 is 19.7 Å². The summed E-state index contributed by atoms with van der Waals surface area (Å²) in [4.78, 5) is 22.6. The number of amides is 1. The molecule has 1 N–H and O–H groups in total. The minimum Gasteiger partial charge on any atom is -0.486 e. The number of nitrogens with zero attached hydrogens (tertiary/aromatic N) is 3. The van der Waals surface area contributed by atoms with Gasteiger partial charge in [0.15, 0.2) is 11.5 Å². The molecular formula is C18H22N4O3. The maximum Gasteiger partial charge on any atom is 0.254 e. The molecule has 25 heavy (non-hydrogen) atoms. The number of nitrogens with one attached hydrogen (secondary N) is 1. The highest BCUT2D eigenvalue weighted by Gasteiger charge is 2.20. The lowest BCUT2D eigenvalue weighted by Gasteiger charge is -2.26. The number of carbonyl (C=O) groups excluding carboxylic acids is 1. The fraction of sp³-hybridized carbons (Fsp3) is 0.389. The average molecular weight is 342 g/mol. The molecule has 7 heteroatoms. The van der Waals surface area contributed by atoms with E-state index in [4.69, 9.17) is 9.47 Å². The Morgan fingerprint density at radius 2 is 2.08 bits per heavy atom. The summed E-state index contributed by atoms with van der Waals surface area (Å²) in [5.74, 6) is 1.91. The molecule has 1 aliphatic heterocycles. The van der Waals surface area contributed by atoms with Crippen molar-refractivity contribution in [3.05, 3.63) is 41.7 Å². The summed E-state index contributed by atoms with van der Waals surface area (Å²) in [6.07, 6.45) is 2.14. The Bertz CT molecular complexity index is 764. The maximum absolute atomic E-state index is 12.3. The SMILES string of the molecule is Cc1nc(N(C)C)ncc1C(=O)NCC[C@@H]1COc2ccccc2O1. The van der Waals surface area contributed by atoms with E-state index >= 15 is 0 Å². The molecule has 1 aromatic heterocycles. The molecule has 3 rings (SSSR count). The van der Waals surface area contributed by atoms with Gasteiger partial charge in [-0.2, -0.15) is 0 Å². The third-order valence-corrected chi connectivity index (χ3v) is 3.93. The highest BCUT2D eigenvalue weighted by atomic mass is 16.6. The molecule has 0 aliphatic carbocycles. The number of anilines is 1. The van der Waals surface area contributed by atoms with E-state index in [1.807, 2.05) is 38.4 Å². The Morgan fingerprint density at radius 1 is 1.32 bits per heavy atom. The molecule has 0 bridgehead atoms. The predicted octanol–water partition coefficient (Wildman–Crippen LogP) is 1.81. The van der Waals surface area contributed by atoms with Crippen molar-refractivity contribution in [3.63, 3.8) is 0 Å². The number of aromatic nitrogens is 2. The third-order valence-electron chi connectivity index (χ3n) is 3.93. The third kappa shape index (κ3) is 3.99. The van der Waals surface area contributed by atoms with E-state index in [0.29, 0.717) is 36.8 Å². The number of aryl methyl sites for hydroxylation is 1. The predicted molar refractivity (Wildman–Crippen MR) is 94.4 cm³/mol. The van der Waals surface area contributed by atoms with Gasteiger partial charge in [0.2, 0.25) is 5.95 Å². The van der Waals surface area contributed by atoms with E-state index in [9.17, 15) is 4.79 Å². The molecule has 2 heterocycles. The Kier molecular flexibility index (Phi) is 5.02. The standard InChI is InChI=1S/C18H22N4O3/c1-12-14(10-20-18(21-12)22(2)3)17(23)19-9-8-13-11-24-15-6-4-5-7-16(15)25-13/h4-7,10,13H,8-9,11H2,1-3H3,(H,19,23)/t13-/m1/s1. The largest absolute Gasteiger partial charge is 0.486 e. The second kappa shape index (κ2) is 7.38. The second-order valence-electron chi connectivity index (χ2n) is 6.11. The highest BCUT2D eigenvalue weighted by Crippen LogP contribution is 2.31. The van der Waals surface area contributed by atoms with Gasteiger partial charge in [-0.3, -0.25) is 4.79 Å². The van der Waals surface area contributed by atoms with Crippen LogP contribution in [0.4, 0.5) is 5.95 Å². The Morgan fingerprint density at radius 3 is 2.80 bits per heavy atom. The molecular weight excluding hydrogens is 320 g/mol. The molecule has 0 radical (unpaired) electrons. The van der Waals surface area contributed by atoms with Crippen molar-refractivity contribution in [1.82, 2.24) is 15.3 Å². The van der Waals surface area contributed by atoms with Gasteiger partial charge in [-0.1, -0.05) is 12.1 Å². The molecule has 2 aromatic rings. The van der Waals surface area contributed by atoms with Crippen LogP contribution in [0.1, 0.15) is 22.5 Å². The summed E-state index contributed by atoms with van der Waals surface area (Å²) >= 11 is 0. The van der Waals surface area contributed by atoms with E-state index in [1.54, 1.807) is 18.0 Å². The van der Waals surface area contributed by atoms with Crippen LogP contribution in [-0.2, 0) is 0 Å². The molecule has 0 unspecified atom stereocenters. The number of hydrogen-bond acceptors (Lipinski definition) is 6. The molecule has 7 nitrogen and oxygen atoms in total. The van der Waals surface area contributed by atoms with Crippen LogP contribution >= 0.6 is 0 Å². The topological polar surface area (TPSA) is 76.6 Å². The molecule has 132 valence electrons. The monoisotopic (exact) mass is 342 g/mol. The first kappa shape index (κ1) is 17.0. The Hall–Kier alpha value is -2.83. The van der Waals surface area contributed by atoms with Gasteiger partial charge in [0.05, 0.1) is 11.3 Å². The van der Waals surface area contributed by atoms with Crippen LogP contribution in [-0.4, -0.2) is 49.2 Å². The van der Waals surface area contributed by atoms with Crippen molar-refractivity contribution >= 4 is 11.9 Å². The van der Waals surface area contributed by atoms with E-state index in [0.717, 1.165) is 11.5 Å². The fourth-order valence-corrected chi connectivity index (χ4v) is 2.54. The molecule has 1 atom stereocenters. The van der Waals surface area contributed by atoms with Crippen LogP contribution < -0.4 is 19.7 Å². The highest BCUT2D eigenvalue weighted by molar-refractivity contribution is 5.94. The van der Waals surface area contributed by atoms with Crippen LogP contribution in [0.25, 0.3) is 0 Å². The minimum absolute atomic E-state index is 0.0799. The Balaban J connectivity index is 1.52. The van der Waals surface area contributed by atoms with Gasteiger partial charge in [0.25, 0.3) is 5.91 Å². The lowest BCUT2D eigenvalue weighted by Crippen LogP contribution is -2.34. The summed E-state index contributed by atoms with van der Waals surface area (Å²) in [6.45, 7) is 2.77. The molecule has 0 saturated heterocycles. The number of carbonyl (C=O) groups is 1. The van der Waals surface area contributed by atoms with Gasteiger partial charge in [0, 0.05) is 33.3 Å². The average Bonchev–Trinajstić information content (AvgIpc) is 2.61. The van der Waals surface area contributed by atoms with Crippen molar-refractivity contribution in [2.24, 2.45) is 0 Å². The number of benzene rings is 1. The lowest BCUT2D eigenvalue weighted by molar-refractivity contribution is 0.0812. The van der Waals surface area contributed by atoms with E-state index in [2.05, 4.69) is 15.3 Å².